The van der Waals surface area contributed by atoms with Crippen molar-refractivity contribution in [3.8, 4) is 5.75 Å². The number of carbonyl (C=O) groups excluding carboxylic acids is 1. The topological polar surface area (TPSA) is 83.8 Å². The maximum absolute atomic E-state index is 12.2. The molecule has 0 bridgehead atoms. The molecule has 0 saturated carbocycles. The number of rotatable bonds is 6. The molecular formula is C12H12F2O5. The number of aliphatic carboxylic acids is 1. The Labute approximate surface area is 107 Å². The SMILES string of the molecule is CCC(=O)c1cc(C(O)C(=O)O)ccc1OC(F)F. The number of aliphatic hydroxyl groups is 1. The van der Waals surface area contributed by atoms with Gasteiger partial charge in [0.2, 0.25) is 0 Å². The predicted molar refractivity (Wildman–Crippen MR) is 60.3 cm³/mol. The van der Waals surface area contributed by atoms with Gasteiger partial charge in [-0.25, -0.2) is 4.79 Å². The number of aliphatic hydroxyl groups excluding tert-OH is 1. The molecular weight excluding hydrogens is 262 g/mol. The monoisotopic (exact) mass is 274 g/mol. The fraction of sp³-hybridized carbons (Fsp3) is 0.333. The summed E-state index contributed by atoms with van der Waals surface area (Å²) >= 11 is 0. The molecule has 0 radical (unpaired) electrons. The van der Waals surface area contributed by atoms with E-state index in [9.17, 15) is 23.5 Å². The lowest BCUT2D eigenvalue weighted by atomic mass is 10.0. The van der Waals surface area contributed by atoms with Gasteiger partial charge in [0.25, 0.3) is 0 Å². The Morgan fingerprint density at radius 1 is 1.37 bits per heavy atom. The third-order valence-corrected chi connectivity index (χ3v) is 2.39. The summed E-state index contributed by atoms with van der Waals surface area (Å²) in [5.41, 5.74) is -0.258. The molecule has 0 fully saturated rings. The Morgan fingerprint density at radius 2 is 2.00 bits per heavy atom. The molecule has 1 unspecified atom stereocenters. The first-order valence-electron chi connectivity index (χ1n) is 5.39. The molecule has 2 N–H and O–H groups in total. The van der Waals surface area contributed by atoms with Gasteiger partial charge < -0.3 is 14.9 Å². The zero-order chi connectivity index (χ0) is 14.6. The molecule has 0 aromatic heterocycles. The van der Waals surface area contributed by atoms with Gasteiger partial charge in [0.1, 0.15) is 5.75 Å². The molecule has 0 aliphatic rings. The third-order valence-electron chi connectivity index (χ3n) is 2.39. The van der Waals surface area contributed by atoms with Crippen LogP contribution in [-0.4, -0.2) is 28.6 Å². The van der Waals surface area contributed by atoms with Crippen molar-refractivity contribution in [3.63, 3.8) is 0 Å². The summed E-state index contributed by atoms with van der Waals surface area (Å²) in [5.74, 6) is -2.34. The van der Waals surface area contributed by atoms with Crippen LogP contribution < -0.4 is 4.74 Å². The molecule has 0 heterocycles. The number of ketones is 1. The van der Waals surface area contributed by atoms with Gasteiger partial charge in [-0.05, 0) is 17.7 Å². The summed E-state index contributed by atoms with van der Waals surface area (Å²) in [5, 5.41) is 18.0. The van der Waals surface area contributed by atoms with Crippen LogP contribution in [-0.2, 0) is 4.79 Å². The van der Waals surface area contributed by atoms with Crippen molar-refractivity contribution >= 4 is 11.8 Å². The van der Waals surface area contributed by atoms with Gasteiger partial charge in [0.05, 0.1) is 5.56 Å². The van der Waals surface area contributed by atoms with Crippen molar-refractivity contribution in [2.24, 2.45) is 0 Å². The number of hydrogen-bond acceptors (Lipinski definition) is 4. The first kappa shape index (κ1) is 15.0. The number of carboxylic acid groups (broad SMARTS) is 1. The van der Waals surface area contributed by atoms with Crippen LogP contribution in [0.3, 0.4) is 0 Å². The van der Waals surface area contributed by atoms with Gasteiger partial charge in [-0.15, -0.1) is 0 Å². The number of halogens is 2. The van der Waals surface area contributed by atoms with Gasteiger partial charge in [-0.1, -0.05) is 13.0 Å². The molecule has 19 heavy (non-hydrogen) atoms. The molecule has 5 nitrogen and oxygen atoms in total. The molecule has 1 atom stereocenters. The van der Waals surface area contributed by atoms with Crippen LogP contribution >= 0.6 is 0 Å². The standard InChI is InChI=1S/C12H12F2O5/c1-2-8(15)7-5-6(10(16)11(17)18)3-4-9(7)19-12(13)14/h3-5,10,12,16H,2H2,1H3,(H,17,18). The van der Waals surface area contributed by atoms with Crippen molar-refractivity contribution in [2.45, 2.75) is 26.1 Å². The zero-order valence-electron chi connectivity index (χ0n) is 9.97. The Kier molecular flexibility index (Phi) is 4.94. The summed E-state index contributed by atoms with van der Waals surface area (Å²) in [6, 6.07) is 3.20. The second-order valence-corrected chi connectivity index (χ2v) is 3.65. The molecule has 1 aromatic rings. The Hall–Kier alpha value is -2.02. The van der Waals surface area contributed by atoms with E-state index in [4.69, 9.17) is 5.11 Å². The summed E-state index contributed by atoms with van der Waals surface area (Å²) in [6.45, 7) is -1.58. The Morgan fingerprint density at radius 3 is 2.47 bits per heavy atom. The number of carboxylic acids is 1. The minimum absolute atomic E-state index is 0.0339. The minimum Gasteiger partial charge on any atom is -0.479 e. The van der Waals surface area contributed by atoms with E-state index in [-0.39, 0.29) is 23.3 Å². The van der Waals surface area contributed by atoms with Gasteiger partial charge in [0.15, 0.2) is 11.9 Å². The fourth-order valence-corrected chi connectivity index (χ4v) is 1.47. The van der Waals surface area contributed by atoms with Gasteiger partial charge in [-0.3, -0.25) is 4.79 Å². The molecule has 7 heteroatoms. The van der Waals surface area contributed by atoms with E-state index in [2.05, 4.69) is 4.74 Å². The predicted octanol–water partition coefficient (Wildman–Crippen LogP) is 2.00. The summed E-state index contributed by atoms with van der Waals surface area (Å²) in [6.07, 6.45) is -1.80. The zero-order valence-corrected chi connectivity index (χ0v) is 9.97. The number of ether oxygens (including phenoxy) is 1. The van der Waals surface area contributed by atoms with Crippen LogP contribution in [0, 0.1) is 0 Å². The van der Waals surface area contributed by atoms with Gasteiger partial charge in [0, 0.05) is 6.42 Å². The normalized spacial score (nSPS) is 12.3. The fourth-order valence-electron chi connectivity index (χ4n) is 1.47. The number of alkyl halides is 2. The van der Waals surface area contributed by atoms with Crippen molar-refractivity contribution in [3.05, 3.63) is 29.3 Å². The van der Waals surface area contributed by atoms with E-state index in [1.54, 1.807) is 0 Å². The molecule has 0 amide bonds. The maximum Gasteiger partial charge on any atom is 0.387 e. The van der Waals surface area contributed by atoms with Crippen LogP contribution in [0.1, 0.15) is 35.4 Å². The van der Waals surface area contributed by atoms with Crippen LogP contribution in [0.25, 0.3) is 0 Å². The highest BCUT2D eigenvalue weighted by Crippen LogP contribution is 2.26. The second-order valence-electron chi connectivity index (χ2n) is 3.65. The highest BCUT2D eigenvalue weighted by atomic mass is 19.3. The average Bonchev–Trinajstić information content (AvgIpc) is 2.36. The quantitative estimate of drug-likeness (QED) is 0.775. The third kappa shape index (κ3) is 3.72. The lowest BCUT2D eigenvalue weighted by molar-refractivity contribution is -0.147. The van der Waals surface area contributed by atoms with E-state index >= 15 is 0 Å². The Bertz CT molecular complexity index is 487. The Balaban J connectivity index is 3.22. The number of benzene rings is 1. The number of Topliss-reactive ketones (excluding diaryl/α,β-unsaturated/α-hetero) is 1. The van der Waals surface area contributed by atoms with E-state index in [0.29, 0.717) is 0 Å². The second kappa shape index (κ2) is 6.24. The lowest BCUT2D eigenvalue weighted by Crippen LogP contribution is -2.13. The molecule has 0 aliphatic heterocycles. The maximum atomic E-state index is 12.2. The van der Waals surface area contributed by atoms with Crippen molar-refractivity contribution in [1.82, 2.24) is 0 Å². The highest BCUT2D eigenvalue weighted by molar-refractivity contribution is 5.98. The first-order valence-corrected chi connectivity index (χ1v) is 5.39. The molecule has 0 aliphatic carbocycles. The van der Waals surface area contributed by atoms with Crippen LogP contribution in [0.2, 0.25) is 0 Å². The van der Waals surface area contributed by atoms with E-state index in [1.165, 1.54) is 6.92 Å². The first-order chi connectivity index (χ1) is 8.86. The van der Waals surface area contributed by atoms with Crippen molar-refractivity contribution in [1.29, 1.82) is 0 Å². The van der Waals surface area contributed by atoms with E-state index in [1.807, 2.05) is 0 Å². The van der Waals surface area contributed by atoms with Gasteiger partial charge in [-0.2, -0.15) is 8.78 Å². The molecule has 1 aromatic carbocycles. The molecule has 104 valence electrons. The largest absolute Gasteiger partial charge is 0.479 e. The summed E-state index contributed by atoms with van der Waals surface area (Å²) in [7, 11) is 0. The van der Waals surface area contributed by atoms with Crippen molar-refractivity contribution < 1.29 is 33.3 Å². The average molecular weight is 274 g/mol. The molecule has 0 saturated heterocycles. The van der Waals surface area contributed by atoms with Gasteiger partial charge >= 0.3 is 12.6 Å². The van der Waals surface area contributed by atoms with Crippen LogP contribution in [0.4, 0.5) is 8.78 Å². The smallest absolute Gasteiger partial charge is 0.387 e. The number of carbonyl (C=O) groups is 2. The van der Waals surface area contributed by atoms with E-state index < -0.39 is 24.5 Å². The lowest BCUT2D eigenvalue weighted by Gasteiger charge is -2.12. The number of hydrogen-bond donors (Lipinski definition) is 2. The minimum atomic E-state index is -3.10. The highest BCUT2D eigenvalue weighted by Gasteiger charge is 2.21. The van der Waals surface area contributed by atoms with Crippen LogP contribution in [0.5, 0.6) is 5.75 Å². The molecule has 1 rings (SSSR count). The summed E-state index contributed by atoms with van der Waals surface area (Å²) in [4.78, 5) is 22.2. The van der Waals surface area contributed by atoms with Crippen molar-refractivity contribution in [2.75, 3.05) is 0 Å². The summed E-state index contributed by atoms with van der Waals surface area (Å²) < 4.78 is 28.5. The van der Waals surface area contributed by atoms with E-state index in [0.717, 1.165) is 18.2 Å². The molecule has 0 spiro atoms. The van der Waals surface area contributed by atoms with Crippen LogP contribution in [0.15, 0.2) is 18.2 Å².